The zero-order valence-corrected chi connectivity index (χ0v) is 31.2. The lowest BCUT2D eigenvalue weighted by molar-refractivity contribution is -0.161. The Kier molecular flexibility index (Phi) is 14.3. The number of halogens is 1. The van der Waals surface area contributed by atoms with Gasteiger partial charge >= 0.3 is 5.97 Å². The van der Waals surface area contributed by atoms with E-state index in [0.29, 0.717) is 35.7 Å². The van der Waals surface area contributed by atoms with Crippen molar-refractivity contribution in [3.63, 3.8) is 0 Å². The Morgan fingerprint density at radius 1 is 0.863 bits per heavy atom. The van der Waals surface area contributed by atoms with Crippen LogP contribution < -0.4 is 10.6 Å². The van der Waals surface area contributed by atoms with Crippen molar-refractivity contribution in [3.8, 4) is 0 Å². The number of hydrogen-bond acceptors (Lipinski definition) is 10. The second kappa shape index (κ2) is 18.6. The van der Waals surface area contributed by atoms with E-state index in [-0.39, 0.29) is 41.0 Å². The summed E-state index contributed by atoms with van der Waals surface area (Å²) in [4.78, 5) is 52.1. The lowest BCUT2D eigenvalue weighted by Gasteiger charge is -2.24. The number of rotatable bonds is 17. The Morgan fingerprint density at radius 2 is 1.61 bits per heavy atom. The first-order chi connectivity index (χ1) is 24.3. The highest BCUT2D eigenvalue weighted by atomic mass is 35.5. The van der Waals surface area contributed by atoms with Crippen LogP contribution in [0.3, 0.4) is 0 Å². The first-order valence-corrected chi connectivity index (χ1v) is 18.2. The summed E-state index contributed by atoms with van der Waals surface area (Å²) in [5.74, 6) is -1.91. The lowest BCUT2D eigenvalue weighted by atomic mass is 9.84. The first-order valence-electron chi connectivity index (χ1n) is 17.0. The van der Waals surface area contributed by atoms with Crippen LogP contribution in [0.15, 0.2) is 66.7 Å². The topological polar surface area (TPSA) is 153 Å². The molecule has 4 aromatic rings. The third-order valence-electron chi connectivity index (χ3n) is 7.87. The molecule has 2 aromatic heterocycles. The molecule has 2 heterocycles. The van der Waals surface area contributed by atoms with Gasteiger partial charge in [0.05, 0.1) is 18.0 Å². The minimum atomic E-state index is -1.31. The average molecular weight is 733 g/mol. The number of nitrogens with one attached hydrogen (secondary N) is 2. The number of benzene rings is 2. The van der Waals surface area contributed by atoms with E-state index in [1.165, 1.54) is 11.3 Å². The van der Waals surface area contributed by atoms with Crippen molar-refractivity contribution in [1.29, 1.82) is 0 Å². The lowest BCUT2D eigenvalue weighted by Crippen LogP contribution is -2.32. The van der Waals surface area contributed by atoms with Crippen molar-refractivity contribution in [2.45, 2.75) is 85.7 Å². The van der Waals surface area contributed by atoms with Crippen LogP contribution in [0.1, 0.15) is 88.2 Å². The van der Waals surface area contributed by atoms with Gasteiger partial charge in [-0.1, -0.05) is 100 Å². The summed E-state index contributed by atoms with van der Waals surface area (Å²) in [6.45, 7) is 9.62. The van der Waals surface area contributed by atoms with E-state index in [0.717, 1.165) is 29.1 Å². The molecule has 2 N–H and O–H groups in total. The summed E-state index contributed by atoms with van der Waals surface area (Å²) >= 11 is 7.47. The summed E-state index contributed by atoms with van der Waals surface area (Å²) in [5.41, 5.74) is 1.91. The minimum absolute atomic E-state index is 0.0305. The van der Waals surface area contributed by atoms with Gasteiger partial charge in [-0.25, -0.2) is 0 Å². The maximum Gasteiger partial charge on any atom is 0.310 e. The fourth-order valence-electron chi connectivity index (χ4n) is 5.33. The van der Waals surface area contributed by atoms with Crippen LogP contribution in [0.2, 0.25) is 5.02 Å². The maximum absolute atomic E-state index is 13.6. The second-order valence-electron chi connectivity index (χ2n) is 14.0. The van der Waals surface area contributed by atoms with Crippen LogP contribution in [0.4, 0.5) is 10.9 Å². The van der Waals surface area contributed by atoms with Gasteiger partial charge < -0.3 is 10.1 Å². The molecule has 1 unspecified atom stereocenters. The standard InChI is InChI=1S/C38H45ClN6O5S/c1-24(2)30(22-29(46)23-38(3,4)5)36(49)50-34(26-14-11-15-27(39)21-26)35(48)41-37-45-44-33(51-37)17-10-9-16-28-18-19-31(43-42-28)40-32(47)20-25-12-7-6-8-13-25/h6-8,11-15,18-19,21,24,30,34H,9-10,16-17,20,22-23H2,1-5H3,(H,40,43,47)(H,41,45,48)/t30-,34?/m0/s1. The minimum Gasteiger partial charge on any atom is -0.447 e. The van der Waals surface area contributed by atoms with Crippen molar-refractivity contribution in [2.75, 3.05) is 10.6 Å². The van der Waals surface area contributed by atoms with Gasteiger partial charge in [0.2, 0.25) is 17.1 Å². The van der Waals surface area contributed by atoms with E-state index in [4.69, 9.17) is 16.3 Å². The summed E-state index contributed by atoms with van der Waals surface area (Å²) in [6, 6.07) is 19.6. The number of ether oxygens (including phenoxy) is 1. The Balaban J connectivity index is 1.29. The van der Waals surface area contributed by atoms with Gasteiger partial charge in [0.25, 0.3) is 5.91 Å². The van der Waals surface area contributed by atoms with Crippen LogP contribution >= 0.6 is 22.9 Å². The number of ketones is 1. The Bertz CT molecular complexity index is 1780. The number of aromatic nitrogens is 4. The highest BCUT2D eigenvalue weighted by molar-refractivity contribution is 7.15. The Morgan fingerprint density at radius 3 is 2.27 bits per heavy atom. The zero-order valence-electron chi connectivity index (χ0n) is 29.6. The molecular weight excluding hydrogens is 688 g/mol. The molecule has 0 aliphatic rings. The SMILES string of the molecule is CC(C)[C@H](CC(=O)CC(C)(C)C)C(=O)OC(C(=O)Nc1nnc(CCCCc2ccc(NC(=O)Cc3ccccc3)nn2)s1)c1cccc(Cl)c1. The van der Waals surface area contributed by atoms with Gasteiger partial charge in [-0.2, -0.15) is 5.10 Å². The smallest absolute Gasteiger partial charge is 0.310 e. The molecular formula is C38H45ClN6O5S. The number of esters is 1. The monoisotopic (exact) mass is 732 g/mol. The highest BCUT2D eigenvalue weighted by Crippen LogP contribution is 2.29. The fraction of sp³-hybridized carbons (Fsp3) is 0.421. The molecule has 0 aliphatic carbocycles. The molecule has 2 amide bonds. The number of hydrogen-bond donors (Lipinski definition) is 2. The van der Waals surface area contributed by atoms with Crippen LogP contribution in [0.25, 0.3) is 0 Å². The average Bonchev–Trinajstić information content (AvgIpc) is 3.51. The Hall–Kier alpha value is -4.55. The number of unbranched alkanes of at least 4 members (excludes halogenated alkanes) is 1. The predicted molar refractivity (Wildman–Crippen MR) is 198 cm³/mol. The summed E-state index contributed by atoms with van der Waals surface area (Å²) in [5, 5.41) is 23.6. The van der Waals surface area contributed by atoms with Crippen molar-refractivity contribution >= 4 is 57.5 Å². The molecule has 2 atom stereocenters. The summed E-state index contributed by atoms with van der Waals surface area (Å²) in [6.07, 6.45) is 2.26. The van der Waals surface area contributed by atoms with Gasteiger partial charge in [-0.05, 0) is 60.4 Å². The highest BCUT2D eigenvalue weighted by Gasteiger charge is 2.33. The number of aryl methyl sites for hydroxylation is 2. The number of carbonyl (C=O) groups excluding carboxylic acids is 4. The molecule has 270 valence electrons. The molecule has 0 spiro atoms. The van der Waals surface area contributed by atoms with Crippen molar-refractivity contribution < 1.29 is 23.9 Å². The van der Waals surface area contributed by atoms with E-state index in [2.05, 4.69) is 31.0 Å². The molecule has 0 saturated heterocycles. The van der Waals surface area contributed by atoms with Crippen LogP contribution in [-0.2, 0) is 43.2 Å². The maximum atomic E-state index is 13.6. The fourth-order valence-corrected chi connectivity index (χ4v) is 6.32. The molecule has 4 rings (SSSR count). The number of nitrogens with zero attached hydrogens (tertiary/aromatic N) is 4. The Labute approximate surface area is 308 Å². The van der Waals surface area contributed by atoms with Crippen molar-refractivity contribution in [1.82, 2.24) is 20.4 Å². The van der Waals surface area contributed by atoms with Crippen LogP contribution in [-0.4, -0.2) is 44.0 Å². The molecule has 0 bridgehead atoms. The van der Waals surface area contributed by atoms with E-state index in [9.17, 15) is 19.2 Å². The van der Waals surface area contributed by atoms with Gasteiger partial charge in [0, 0.05) is 29.8 Å². The first kappa shape index (κ1) is 39.2. The molecule has 13 heteroatoms. The molecule has 11 nitrogen and oxygen atoms in total. The molecule has 2 aromatic carbocycles. The van der Waals surface area contributed by atoms with Crippen molar-refractivity contribution in [3.05, 3.63) is 93.6 Å². The van der Waals surface area contributed by atoms with Gasteiger partial charge in [0.15, 0.2) is 5.82 Å². The number of amides is 2. The third-order valence-corrected chi connectivity index (χ3v) is 9.00. The molecule has 0 fully saturated rings. The van der Waals surface area contributed by atoms with Crippen LogP contribution in [0.5, 0.6) is 0 Å². The van der Waals surface area contributed by atoms with E-state index in [1.54, 1.807) is 30.3 Å². The van der Waals surface area contributed by atoms with E-state index < -0.39 is 23.9 Å². The zero-order chi connectivity index (χ0) is 37.0. The molecule has 0 saturated carbocycles. The van der Waals surface area contributed by atoms with E-state index >= 15 is 0 Å². The number of anilines is 2. The van der Waals surface area contributed by atoms with Gasteiger partial charge in [-0.15, -0.1) is 15.3 Å². The summed E-state index contributed by atoms with van der Waals surface area (Å²) < 4.78 is 5.82. The number of Topliss-reactive ketones (excluding diaryl/α,β-unsaturated/α-hetero) is 1. The molecule has 51 heavy (non-hydrogen) atoms. The quantitative estimate of drug-likeness (QED) is 0.0825. The number of carbonyl (C=O) groups is 4. The third kappa shape index (κ3) is 13.3. The van der Waals surface area contributed by atoms with Crippen LogP contribution in [0, 0.1) is 17.3 Å². The molecule has 0 radical (unpaired) electrons. The van der Waals surface area contributed by atoms with Gasteiger partial charge in [0.1, 0.15) is 10.8 Å². The normalized spacial score (nSPS) is 12.6. The predicted octanol–water partition coefficient (Wildman–Crippen LogP) is 7.62. The largest absolute Gasteiger partial charge is 0.447 e. The molecule has 0 aliphatic heterocycles. The van der Waals surface area contributed by atoms with Gasteiger partial charge in [-0.3, -0.25) is 24.5 Å². The second-order valence-corrected chi connectivity index (χ2v) is 15.5. The van der Waals surface area contributed by atoms with E-state index in [1.807, 2.05) is 71.0 Å². The summed E-state index contributed by atoms with van der Waals surface area (Å²) in [7, 11) is 0. The van der Waals surface area contributed by atoms with Crippen molar-refractivity contribution in [2.24, 2.45) is 17.3 Å².